The molecule has 1 fully saturated rings. The molecule has 3 heterocycles. The summed E-state index contributed by atoms with van der Waals surface area (Å²) in [6, 6.07) is 13.2. The number of methoxy groups -OCH3 is 1. The number of hydrogen-bond donors (Lipinski definition) is 0. The summed E-state index contributed by atoms with van der Waals surface area (Å²) < 4.78 is 31.9. The van der Waals surface area contributed by atoms with E-state index in [0.29, 0.717) is 34.6 Å². The van der Waals surface area contributed by atoms with E-state index in [1.807, 2.05) is 16.7 Å². The third-order valence-electron chi connectivity index (χ3n) is 5.62. The molecule has 1 atom stereocenters. The van der Waals surface area contributed by atoms with E-state index >= 15 is 0 Å². The summed E-state index contributed by atoms with van der Waals surface area (Å²) in [5, 5.41) is 10.3. The van der Waals surface area contributed by atoms with E-state index in [1.165, 1.54) is 30.0 Å². The molecule has 0 bridgehead atoms. The van der Waals surface area contributed by atoms with Gasteiger partial charge in [0, 0.05) is 35.4 Å². The van der Waals surface area contributed by atoms with Crippen LogP contribution in [-0.2, 0) is 17.0 Å². The zero-order valence-corrected chi connectivity index (χ0v) is 18.8. The van der Waals surface area contributed by atoms with Crippen molar-refractivity contribution in [1.29, 1.82) is 0 Å². The Hall–Kier alpha value is -3.17. The first kappa shape index (κ1) is 21.7. The molecular formula is C24H22FN3O4S. The summed E-state index contributed by atoms with van der Waals surface area (Å²) in [4.78, 5) is 12.1. The third kappa shape index (κ3) is 4.65. The van der Waals surface area contributed by atoms with Crippen molar-refractivity contribution in [1.82, 2.24) is 14.8 Å². The maximum Gasteiger partial charge on any atom is 0.336 e. The van der Waals surface area contributed by atoms with E-state index in [4.69, 9.17) is 13.9 Å². The van der Waals surface area contributed by atoms with Gasteiger partial charge in [-0.1, -0.05) is 11.8 Å². The average Bonchev–Trinajstić information content (AvgIpc) is 3.48. The quantitative estimate of drug-likeness (QED) is 0.289. The van der Waals surface area contributed by atoms with Crippen molar-refractivity contribution in [3.8, 4) is 17.1 Å². The highest BCUT2D eigenvalue weighted by Gasteiger charge is 2.22. The van der Waals surface area contributed by atoms with Crippen LogP contribution in [0.5, 0.6) is 5.75 Å². The number of thioether (sulfide) groups is 1. The van der Waals surface area contributed by atoms with Crippen LogP contribution in [0, 0.1) is 5.82 Å². The molecule has 1 saturated heterocycles. The van der Waals surface area contributed by atoms with Crippen molar-refractivity contribution < 1.29 is 18.3 Å². The number of rotatable bonds is 7. The van der Waals surface area contributed by atoms with E-state index in [1.54, 1.807) is 25.3 Å². The van der Waals surface area contributed by atoms with Crippen LogP contribution in [-0.4, -0.2) is 34.6 Å². The van der Waals surface area contributed by atoms with E-state index in [2.05, 4.69) is 10.2 Å². The Labute approximate surface area is 193 Å². The van der Waals surface area contributed by atoms with Gasteiger partial charge in [-0.25, -0.2) is 9.18 Å². The highest BCUT2D eigenvalue weighted by Crippen LogP contribution is 2.31. The van der Waals surface area contributed by atoms with Gasteiger partial charge in [0.05, 0.1) is 19.8 Å². The van der Waals surface area contributed by atoms with Gasteiger partial charge in [0.25, 0.3) is 0 Å². The molecule has 0 spiro atoms. The molecule has 9 heteroatoms. The highest BCUT2D eigenvalue weighted by atomic mass is 32.2. The van der Waals surface area contributed by atoms with Gasteiger partial charge in [0.15, 0.2) is 11.0 Å². The SMILES string of the molecule is COc1ccc2c(CSc3nnc(-c4ccc(F)cc4)n3CC3CCCO3)cc(=O)oc2c1. The van der Waals surface area contributed by atoms with Gasteiger partial charge in [-0.2, -0.15) is 0 Å². The summed E-state index contributed by atoms with van der Waals surface area (Å²) in [5.74, 6) is 1.48. The van der Waals surface area contributed by atoms with E-state index in [-0.39, 0.29) is 11.9 Å². The Kier molecular flexibility index (Phi) is 6.15. The van der Waals surface area contributed by atoms with Crippen LogP contribution < -0.4 is 10.4 Å². The number of nitrogens with zero attached hydrogens (tertiary/aromatic N) is 3. The summed E-state index contributed by atoms with van der Waals surface area (Å²) in [6.45, 7) is 1.35. The molecule has 0 radical (unpaired) electrons. The monoisotopic (exact) mass is 467 g/mol. The zero-order chi connectivity index (χ0) is 22.8. The number of fused-ring (bicyclic) bond motifs is 1. The Bertz CT molecular complexity index is 1330. The molecule has 2 aromatic carbocycles. The lowest BCUT2D eigenvalue weighted by Gasteiger charge is -2.15. The molecule has 0 aliphatic carbocycles. The molecular weight excluding hydrogens is 445 g/mol. The molecule has 2 aromatic heterocycles. The second-order valence-electron chi connectivity index (χ2n) is 7.80. The minimum atomic E-state index is -0.417. The van der Waals surface area contributed by atoms with Crippen LogP contribution in [0.15, 0.2) is 62.9 Å². The lowest BCUT2D eigenvalue weighted by atomic mass is 10.1. The lowest BCUT2D eigenvalue weighted by molar-refractivity contribution is 0.0953. The third-order valence-corrected chi connectivity index (χ3v) is 6.64. The number of benzene rings is 2. The Balaban J connectivity index is 1.47. The predicted octanol–water partition coefficient (Wildman–Crippen LogP) is 4.67. The van der Waals surface area contributed by atoms with Crippen LogP contribution in [0.25, 0.3) is 22.4 Å². The van der Waals surface area contributed by atoms with Crippen molar-refractivity contribution >= 4 is 22.7 Å². The van der Waals surface area contributed by atoms with Gasteiger partial charge in [0.2, 0.25) is 0 Å². The molecule has 0 amide bonds. The minimum Gasteiger partial charge on any atom is -0.497 e. The first-order valence-corrected chi connectivity index (χ1v) is 11.6. The van der Waals surface area contributed by atoms with Crippen molar-refractivity contribution in [2.45, 2.75) is 36.4 Å². The van der Waals surface area contributed by atoms with Gasteiger partial charge < -0.3 is 13.9 Å². The highest BCUT2D eigenvalue weighted by molar-refractivity contribution is 7.98. The van der Waals surface area contributed by atoms with Crippen molar-refractivity contribution in [3.63, 3.8) is 0 Å². The largest absolute Gasteiger partial charge is 0.497 e. The normalized spacial score (nSPS) is 15.9. The van der Waals surface area contributed by atoms with Gasteiger partial charge in [-0.15, -0.1) is 10.2 Å². The number of aromatic nitrogens is 3. The minimum absolute atomic E-state index is 0.0802. The van der Waals surface area contributed by atoms with Gasteiger partial charge >= 0.3 is 5.63 Å². The molecule has 33 heavy (non-hydrogen) atoms. The summed E-state index contributed by atoms with van der Waals surface area (Å²) in [5.41, 5.74) is 1.68. The fourth-order valence-corrected chi connectivity index (χ4v) is 4.90. The first-order chi connectivity index (χ1) is 16.1. The van der Waals surface area contributed by atoms with E-state index in [9.17, 15) is 9.18 Å². The van der Waals surface area contributed by atoms with Crippen molar-refractivity contribution in [3.05, 3.63) is 70.3 Å². The summed E-state index contributed by atoms with van der Waals surface area (Å²) >= 11 is 1.48. The summed E-state index contributed by atoms with van der Waals surface area (Å²) in [7, 11) is 1.57. The molecule has 4 aromatic rings. The van der Waals surface area contributed by atoms with Gasteiger partial charge in [0.1, 0.15) is 17.1 Å². The van der Waals surface area contributed by atoms with Gasteiger partial charge in [-0.3, -0.25) is 4.57 Å². The fraction of sp³-hybridized carbons (Fsp3) is 0.292. The standard InChI is InChI=1S/C24H22FN3O4S/c1-30-18-8-9-20-16(11-22(29)32-21(20)12-18)14-33-24-27-26-23(15-4-6-17(25)7-5-15)28(24)13-19-3-2-10-31-19/h4-9,11-12,19H,2-3,10,13-14H2,1H3. The fourth-order valence-electron chi connectivity index (χ4n) is 3.96. The van der Waals surface area contributed by atoms with Crippen molar-refractivity contribution in [2.75, 3.05) is 13.7 Å². The second kappa shape index (κ2) is 9.36. The molecule has 0 N–H and O–H groups in total. The topological polar surface area (TPSA) is 79.4 Å². The number of halogens is 1. The van der Waals surface area contributed by atoms with E-state index < -0.39 is 5.63 Å². The summed E-state index contributed by atoms with van der Waals surface area (Å²) in [6.07, 6.45) is 2.07. The maximum absolute atomic E-state index is 13.4. The Morgan fingerprint density at radius 1 is 1.18 bits per heavy atom. The Morgan fingerprint density at radius 2 is 2.03 bits per heavy atom. The predicted molar refractivity (Wildman–Crippen MR) is 123 cm³/mol. The molecule has 0 saturated carbocycles. The van der Waals surface area contributed by atoms with E-state index in [0.717, 1.165) is 36.0 Å². The molecule has 5 rings (SSSR count). The zero-order valence-electron chi connectivity index (χ0n) is 18.0. The lowest BCUT2D eigenvalue weighted by Crippen LogP contribution is -2.16. The van der Waals surface area contributed by atoms with Crippen LogP contribution in [0.1, 0.15) is 18.4 Å². The van der Waals surface area contributed by atoms with Gasteiger partial charge in [-0.05, 0) is 54.8 Å². The number of ether oxygens (including phenoxy) is 2. The second-order valence-corrected chi connectivity index (χ2v) is 8.74. The smallest absolute Gasteiger partial charge is 0.336 e. The molecule has 1 unspecified atom stereocenters. The number of hydrogen-bond acceptors (Lipinski definition) is 7. The molecule has 1 aliphatic rings. The van der Waals surface area contributed by atoms with Crippen LogP contribution in [0.3, 0.4) is 0 Å². The molecule has 1 aliphatic heterocycles. The van der Waals surface area contributed by atoms with Crippen molar-refractivity contribution in [2.24, 2.45) is 0 Å². The van der Waals surface area contributed by atoms with Crippen LogP contribution in [0.2, 0.25) is 0 Å². The first-order valence-electron chi connectivity index (χ1n) is 10.6. The van der Waals surface area contributed by atoms with Crippen LogP contribution in [0.4, 0.5) is 4.39 Å². The van der Waals surface area contributed by atoms with Crippen LogP contribution >= 0.6 is 11.8 Å². The maximum atomic E-state index is 13.4. The average molecular weight is 468 g/mol. The Morgan fingerprint density at radius 3 is 2.79 bits per heavy atom. The molecule has 170 valence electrons. The molecule has 7 nitrogen and oxygen atoms in total.